The molecule has 0 spiro atoms. The maximum atomic E-state index is 13.7. The van der Waals surface area contributed by atoms with E-state index >= 15 is 0 Å². The van der Waals surface area contributed by atoms with Crippen molar-refractivity contribution in [3.8, 4) is 0 Å². The highest BCUT2D eigenvalue weighted by atomic mass is 35.5. The van der Waals surface area contributed by atoms with Crippen LogP contribution in [-0.4, -0.2) is 33.9 Å². The lowest BCUT2D eigenvalue weighted by molar-refractivity contribution is 0.0163. The molecular weight excluding hydrogens is 339 g/mol. The number of benzene rings is 1. The Bertz CT molecular complexity index is 687. The normalized spacial score (nSPS) is 13.2. The van der Waals surface area contributed by atoms with Crippen molar-refractivity contribution < 1.29 is 24.1 Å². The molecule has 0 aliphatic carbocycles. The van der Waals surface area contributed by atoms with E-state index in [1.165, 1.54) is 12.3 Å². The summed E-state index contributed by atoms with van der Waals surface area (Å²) in [6, 6.07) is 10.2. The molecule has 1 heterocycles. The summed E-state index contributed by atoms with van der Waals surface area (Å²) in [6.45, 7) is -0.256. The summed E-state index contributed by atoms with van der Waals surface area (Å²) < 4.78 is 18.7. The van der Waals surface area contributed by atoms with Crippen molar-refractivity contribution >= 4 is 17.7 Å². The van der Waals surface area contributed by atoms with E-state index in [1.807, 2.05) is 18.2 Å². The molecule has 0 fully saturated rings. The van der Waals surface area contributed by atoms with Gasteiger partial charge in [0.25, 0.3) is 0 Å². The summed E-state index contributed by atoms with van der Waals surface area (Å²) >= 11 is 5.52. The molecule has 2 unspecified atom stereocenters. The molecule has 24 heavy (non-hydrogen) atoms. The summed E-state index contributed by atoms with van der Waals surface area (Å²) in [5, 5.41) is 21.7. The van der Waals surface area contributed by atoms with Crippen molar-refractivity contribution in [3.63, 3.8) is 0 Å². The number of carbonyl (C=O) groups is 1. The van der Waals surface area contributed by atoms with Crippen LogP contribution < -0.4 is 5.32 Å². The van der Waals surface area contributed by atoms with Crippen molar-refractivity contribution in [1.29, 1.82) is 0 Å². The monoisotopic (exact) mass is 354 g/mol. The van der Waals surface area contributed by atoms with Gasteiger partial charge in [0.15, 0.2) is 11.0 Å². The van der Waals surface area contributed by atoms with Crippen LogP contribution in [0.15, 0.2) is 42.6 Å². The van der Waals surface area contributed by atoms with E-state index in [1.54, 1.807) is 12.1 Å². The van der Waals surface area contributed by atoms with Crippen LogP contribution in [0.2, 0.25) is 5.15 Å². The summed E-state index contributed by atoms with van der Waals surface area (Å²) in [5.74, 6) is -0.919. The Balaban J connectivity index is 1.82. The number of aliphatic hydroxyl groups excluding tert-OH is 2. The van der Waals surface area contributed by atoms with Crippen molar-refractivity contribution in [1.82, 2.24) is 10.3 Å². The molecule has 3 N–H and O–H groups in total. The first-order valence-electron chi connectivity index (χ1n) is 7.09. The number of aliphatic hydroxyl groups is 2. The topological polar surface area (TPSA) is 91.7 Å². The lowest BCUT2D eigenvalue weighted by Gasteiger charge is -2.19. The van der Waals surface area contributed by atoms with Gasteiger partial charge in [-0.3, -0.25) is 0 Å². The van der Waals surface area contributed by atoms with E-state index in [-0.39, 0.29) is 18.7 Å². The SMILES string of the molecule is O=C(NCC(O)C(O)c1ccnc(Cl)c1F)OCc1ccccc1. The largest absolute Gasteiger partial charge is 0.445 e. The van der Waals surface area contributed by atoms with Gasteiger partial charge in [-0.15, -0.1) is 0 Å². The number of ether oxygens (including phenoxy) is 1. The Labute approximate surface area is 142 Å². The van der Waals surface area contributed by atoms with E-state index in [2.05, 4.69) is 10.3 Å². The minimum Gasteiger partial charge on any atom is -0.445 e. The molecule has 1 amide bonds. The summed E-state index contributed by atoms with van der Waals surface area (Å²) in [6.07, 6.45) is -2.57. The second-order valence-corrected chi connectivity index (χ2v) is 5.32. The fourth-order valence-corrected chi connectivity index (χ4v) is 2.11. The maximum absolute atomic E-state index is 13.7. The molecule has 0 saturated heterocycles. The molecule has 2 atom stereocenters. The Morgan fingerprint density at radius 2 is 2.00 bits per heavy atom. The van der Waals surface area contributed by atoms with Crippen LogP contribution >= 0.6 is 11.6 Å². The van der Waals surface area contributed by atoms with E-state index < -0.39 is 29.3 Å². The average molecular weight is 355 g/mol. The molecule has 0 aliphatic rings. The highest BCUT2D eigenvalue weighted by molar-refractivity contribution is 6.29. The van der Waals surface area contributed by atoms with Crippen molar-refractivity contribution in [2.75, 3.05) is 6.54 Å². The van der Waals surface area contributed by atoms with Crippen LogP contribution in [-0.2, 0) is 11.3 Å². The number of hydrogen-bond donors (Lipinski definition) is 3. The quantitative estimate of drug-likeness (QED) is 0.692. The second kappa shape index (κ2) is 8.58. The summed E-state index contributed by atoms with van der Waals surface area (Å²) in [7, 11) is 0. The van der Waals surface area contributed by atoms with Gasteiger partial charge in [-0.1, -0.05) is 41.9 Å². The smallest absolute Gasteiger partial charge is 0.407 e. The molecule has 0 radical (unpaired) electrons. The van der Waals surface area contributed by atoms with Crippen LogP contribution in [0.4, 0.5) is 9.18 Å². The van der Waals surface area contributed by atoms with Gasteiger partial charge in [-0.05, 0) is 11.6 Å². The molecule has 2 rings (SSSR count). The van der Waals surface area contributed by atoms with Crippen LogP contribution in [0.1, 0.15) is 17.2 Å². The Morgan fingerprint density at radius 1 is 1.29 bits per heavy atom. The molecule has 0 bridgehead atoms. The summed E-state index contributed by atoms with van der Waals surface area (Å²) in [4.78, 5) is 15.1. The van der Waals surface area contributed by atoms with Crippen molar-refractivity contribution in [3.05, 3.63) is 64.7 Å². The van der Waals surface area contributed by atoms with Gasteiger partial charge in [0.05, 0.1) is 0 Å². The predicted molar refractivity (Wildman–Crippen MR) is 84.8 cm³/mol. The molecular formula is C16H16ClFN2O4. The first-order valence-corrected chi connectivity index (χ1v) is 7.47. The number of halogens is 2. The fraction of sp³-hybridized carbons (Fsp3) is 0.250. The Kier molecular flexibility index (Phi) is 6.48. The molecule has 1 aromatic heterocycles. The lowest BCUT2D eigenvalue weighted by atomic mass is 10.1. The van der Waals surface area contributed by atoms with Crippen LogP contribution in [0.5, 0.6) is 0 Å². The number of nitrogens with zero attached hydrogens (tertiary/aromatic N) is 1. The van der Waals surface area contributed by atoms with E-state index in [9.17, 15) is 19.4 Å². The first kappa shape index (κ1) is 18.1. The van der Waals surface area contributed by atoms with Gasteiger partial charge >= 0.3 is 6.09 Å². The number of pyridine rings is 1. The van der Waals surface area contributed by atoms with Crippen molar-refractivity contribution in [2.24, 2.45) is 0 Å². The van der Waals surface area contributed by atoms with E-state index in [0.717, 1.165) is 5.56 Å². The molecule has 0 saturated carbocycles. The van der Waals surface area contributed by atoms with Crippen LogP contribution in [0.25, 0.3) is 0 Å². The predicted octanol–water partition coefficient (Wildman–Crippen LogP) is 2.19. The molecule has 6 nitrogen and oxygen atoms in total. The number of alkyl carbamates (subject to hydrolysis) is 1. The number of hydrogen-bond acceptors (Lipinski definition) is 5. The highest BCUT2D eigenvalue weighted by Crippen LogP contribution is 2.23. The van der Waals surface area contributed by atoms with E-state index in [0.29, 0.717) is 0 Å². The summed E-state index contributed by atoms with van der Waals surface area (Å²) in [5.41, 5.74) is 0.601. The fourth-order valence-electron chi connectivity index (χ4n) is 1.94. The number of nitrogens with one attached hydrogen (secondary N) is 1. The average Bonchev–Trinajstić information content (AvgIpc) is 2.60. The number of amides is 1. The minimum absolute atomic E-state index is 0.0694. The van der Waals surface area contributed by atoms with Gasteiger partial charge in [-0.2, -0.15) is 0 Å². The molecule has 2 aromatic rings. The van der Waals surface area contributed by atoms with Gasteiger partial charge in [-0.25, -0.2) is 14.2 Å². The van der Waals surface area contributed by atoms with Gasteiger partial charge in [0, 0.05) is 18.3 Å². The van der Waals surface area contributed by atoms with E-state index in [4.69, 9.17) is 16.3 Å². The first-order chi connectivity index (χ1) is 11.5. The third kappa shape index (κ3) is 4.89. The van der Waals surface area contributed by atoms with Gasteiger partial charge in [0.1, 0.15) is 18.8 Å². The standard InChI is InChI=1S/C16H16ClFN2O4/c17-15-13(18)11(6-7-19-15)14(22)12(21)8-20-16(23)24-9-10-4-2-1-3-5-10/h1-7,12,14,21-22H,8-9H2,(H,20,23). The zero-order chi connectivity index (χ0) is 17.5. The second-order valence-electron chi connectivity index (χ2n) is 4.96. The molecule has 0 aliphatic heterocycles. The third-order valence-corrected chi connectivity index (χ3v) is 3.49. The number of aromatic nitrogens is 1. The zero-order valence-corrected chi connectivity index (χ0v) is 13.3. The third-order valence-electron chi connectivity index (χ3n) is 3.23. The van der Waals surface area contributed by atoms with Crippen molar-refractivity contribution in [2.45, 2.75) is 18.8 Å². The van der Waals surface area contributed by atoms with Crippen LogP contribution in [0, 0.1) is 5.82 Å². The lowest BCUT2D eigenvalue weighted by Crippen LogP contribution is -2.36. The number of carbonyl (C=O) groups excluding carboxylic acids is 1. The molecule has 128 valence electrons. The Hall–Kier alpha value is -2.22. The molecule has 1 aromatic carbocycles. The van der Waals surface area contributed by atoms with Crippen LogP contribution in [0.3, 0.4) is 0 Å². The maximum Gasteiger partial charge on any atom is 0.407 e. The Morgan fingerprint density at radius 3 is 2.71 bits per heavy atom. The molecule has 8 heteroatoms. The van der Waals surface area contributed by atoms with Gasteiger partial charge in [0.2, 0.25) is 0 Å². The van der Waals surface area contributed by atoms with Gasteiger partial charge < -0.3 is 20.3 Å². The highest BCUT2D eigenvalue weighted by Gasteiger charge is 2.23. The number of rotatable bonds is 6. The zero-order valence-electron chi connectivity index (χ0n) is 12.5. The minimum atomic E-state index is -1.57.